The summed E-state index contributed by atoms with van der Waals surface area (Å²) in [7, 11) is 1.56. The number of carbonyl (C=O) groups is 1. The second-order valence-electron chi connectivity index (χ2n) is 4.31. The predicted molar refractivity (Wildman–Crippen MR) is 68.2 cm³/mol. The third-order valence-corrected chi connectivity index (χ3v) is 3.18. The minimum Gasteiger partial charge on any atom is -0.496 e. The van der Waals surface area contributed by atoms with Crippen LogP contribution in [0.4, 0.5) is 0 Å². The van der Waals surface area contributed by atoms with Crippen molar-refractivity contribution in [3.05, 3.63) is 27.8 Å². The van der Waals surface area contributed by atoms with Crippen molar-refractivity contribution in [2.24, 2.45) is 0 Å². The number of halogens is 1. The topological polar surface area (TPSA) is 46.5 Å². The van der Waals surface area contributed by atoms with E-state index >= 15 is 0 Å². The average molecular weight is 257 g/mol. The molecule has 94 valence electrons. The molecule has 1 N–H and O–H groups in total. The van der Waals surface area contributed by atoms with Gasteiger partial charge in [0.1, 0.15) is 5.75 Å². The summed E-state index contributed by atoms with van der Waals surface area (Å²) in [6, 6.07) is 1.85. The van der Waals surface area contributed by atoms with Crippen LogP contribution in [0.1, 0.15) is 36.5 Å². The first-order valence-electron chi connectivity index (χ1n) is 5.46. The molecule has 4 heteroatoms. The Morgan fingerprint density at radius 1 is 1.53 bits per heavy atom. The van der Waals surface area contributed by atoms with Crippen LogP contribution in [0.25, 0.3) is 0 Å². The van der Waals surface area contributed by atoms with E-state index in [0.29, 0.717) is 16.3 Å². The van der Waals surface area contributed by atoms with E-state index in [9.17, 15) is 4.79 Å². The summed E-state index contributed by atoms with van der Waals surface area (Å²) in [5.74, 6) is -0.0109. The van der Waals surface area contributed by atoms with Gasteiger partial charge in [-0.2, -0.15) is 0 Å². The predicted octanol–water partition coefficient (Wildman–Crippen LogP) is 3.41. The summed E-state index contributed by atoms with van der Waals surface area (Å²) in [6.07, 6.45) is -0.0741. The lowest BCUT2D eigenvalue weighted by molar-refractivity contribution is -0.136. The van der Waals surface area contributed by atoms with Crippen molar-refractivity contribution in [3.63, 3.8) is 0 Å². The van der Waals surface area contributed by atoms with Gasteiger partial charge in [0.15, 0.2) is 0 Å². The highest BCUT2D eigenvalue weighted by Crippen LogP contribution is 2.36. The number of hydrogen-bond donors (Lipinski definition) is 1. The normalized spacial score (nSPS) is 10.7. The van der Waals surface area contributed by atoms with E-state index in [1.165, 1.54) is 0 Å². The van der Waals surface area contributed by atoms with Gasteiger partial charge in [0, 0.05) is 10.6 Å². The second kappa shape index (κ2) is 5.41. The molecule has 3 nitrogen and oxygen atoms in total. The molecule has 0 heterocycles. The largest absolute Gasteiger partial charge is 0.496 e. The van der Waals surface area contributed by atoms with E-state index in [4.69, 9.17) is 21.4 Å². The fourth-order valence-corrected chi connectivity index (χ4v) is 2.06. The Labute approximate surface area is 106 Å². The third kappa shape index (κ3) is 2.91. The number of methoxy groups -OCH3 is 1. The molecule has 0 aliphatic rings. The summed E-state index contributed by atoms with van der Waals surface area (Å²) >= 11 is 6.13. The highest BCUT2D eigenvalue weighted by molar-refractivity contribution is 6.31. The summed E-state index contributed by atoms with van der Waals surface area (Å²) in [6.45, 7) is 5.86. The van der Waals surface area contributed by atoms with Crippen molar-refractivity contribution in [2.45, 2.75) is 33.1 Å². The van der Waals surface area contributed by atoms with Gasteiger partial charge in [-0.15, -0.1) is 0 Å². The number of carboxylic acid groups (broad SMARTS) is 1. The van der Waals surface area contributed by atoms with E-state index < -0.39 is 5.97 Å². The quantitative estimate of drug-likeness (QED) is 0.898. The fraction of sp³-hybridized carbons (Fsp3) is 0.462. The average Bonchev–Trinajstić information content (AvgIpc) is 2.23. The molecule has 0 amide bonds. The molecular weight excluding hydrogens is 240 g/mol. The Morgan fingerprint density at radius 2 is 2.12 bits per heavy atom. The smallest absolute Gasteiger partial charge is 0.307 e. The number of carboxylic acids is 1. The van der Waals surface area contributed by atoms with Crippen LogP contribution < -0.4 is 4.74 Å². The second-order valence-corrected chi connectivity index (χ2v) is 4.72. The van der Waals surface area contributed by atoms with Crippen molar-refractivity contribution in [3.8, 4) is 5.75 Å². The third-order valence-electron chi connectivity index (χ3n) is 2.78. The molecule has 0 atom stereocenters. The van der Waals surface area contributed by atoms with Crippen LogP contribution in [0.5, 0.6) is 5.75 Å². The van der Waals surface area contributed by atoms with Crippen LogP contribution in [-0.4, -0.2) is 18.2 Å². The van der Waals surface area contributed by atoms with Gasteiger partial charge in [0.25, 0.3) is 0 Å². The molecule has 1 rings (SSSR count). The molecule has 0 aliphatic heterocycles. The lowest BCUT2D eigenvalue weighted by atomic mass is 9.94. The molecule has 0 saturated carbocycles. The summed E-state index contributed by atoms with van der Waals surface area (Å²) in [5, 5.41) is 9.52. The fourth-order valence-electron chi connectivity index (χ4n) is 1.83. The summed E-state index contributed by atoms with van der Waals surface area (Å²) < 4.78 is 5.35. The van der Waals surface area contributed by atoms with Gasteiger partial charge in [-0.3, -0.25) is 4.79 Å². The zero-order valence-corrected chi connectivity index (χ0v) is 11.3. The molecule has 0 unspecified atom stereocenters. The van der Waals surface area contributed by atoms with Crippen molar-refractivity contribution < 1.29 is 14.6 Å². The molecule has 0 radical (unpaired) electrons. The number of ether oxygens (including phenoxy) is 1. The molecular formula is C13H17ClO3. The van der Waals surface area contributed by atoms with Crippen molar-refractivity contribution in [1.29, 1.82) is 0 Å². The number of hydrogen-bond acceptors (Lipinski definition) is 2. The molecule has 0 bridgehead atoms. The molecule has 1 aromatic carbocycles. The van der Waals surface area contributed by atoms with Gasteiger partial charge >= 0.3 is 5.97 Å². The van der Waals surface area contributed by atoms with Crippen molar-refractivity contribution in [2.75, 3.05) is 7.11 Å². The zero-order chi connectivity index (χ0) is 13.2. The van der Waals surface area contributed by atoms with E-state index in [0.717, 1.165) is 11.1 Å². The molecule has 17 heavy (non-hydrogen) atoms. The Balaban J connectivity index is 3.47. The first-order valence-corrected chi connectivity index (χ1v) is 5.83. The first kappa shape index (κ1) is 13.8. The molecule has 1 aromatic rings. The van der Waals surface area contributed by atoms with E-state index in [-0.39, 0.29) is 12.3 Å². The summed E-state index contributed by atoms with van der Waals surface area (Å²) in [4.78, 5) is 10.9. The van der Waals surface area contributed by atoms with Crippen LogP contribution in [0.2, 0.25) is 5.02 Å². The minimum atomic E-state index is -0.886. The van der Waals surface area contributed by atoms with E-state index in [1.54, 1.807) is 7.11 Å². The number of benzene rings is 1. The Hall–Kier alpha value is -1.22. The van der Waals surface area contributed by atoms with Crippen molar-refractivity contribution >= 4 is 17.6 Å². The Kier molecular flexibility index (Phi) is 4.40. The molecule has 0 spiro atoms. The SMILES string of the molecule is COc1c(C(C)C)cc(Cl)c(C)c1CC(=O)O. The van der Waals surface area contributed by atoms with Crippen LogP contribution >= 0.6 is 11.6 Å². The molecule has 0 aliphatic carbocycles. The van der Waals surface area contributed by atoms with Gasteiger partial charge in [0.05, 0.1) is 13.5 Å². The first-order chi connectivity index (χ1) is 7.88. The maximum Gasteiger partial charge on any atom is 0.307 e. The van der Waals surface area contributed by atoms with E-state index in [2.05, 4.69) is 0 Å². The monoisotopic (exact) mass is 256 g/mol. The Morgan fingerprint density at radius 3 is 2.53 bits per heavy atom. The standard InChI is InChI=1S/C13H17ClO3/c1-7(2)9-5-11(14)8(3)10(6-12(15)16)13(9)17-4/h5,7H,6H2,1-4H3,(H,15,16). The van der Waals surface area contributed by atoms with Gasteiger partial charge in [-0.1, -0.05) is 25.4 Å². The highest BCUT2D eigenvalue weighted by Gasteiger charge is 2.19. The van der Waals surface area contributed by atoms with Crippen LogP contribution in [0.15, 0.2) is 6.07 Å². The molecule has 0 saturated heterocycles. The van der Waals surface area contributed by atoms with Crippen LogP contribution in [0, 0.1) is 6.92 Å². The van der Waals surface area contributed by atoms with E-state index in [1.807, 2.05) is 26.8 Å². The highest BCUT2D eigenvalue weighted by atomic mass is 35.5. The lowest BCUT2D eigenvalue weighted by Crippen LogP contribution is -2.07. The zero-order valence-electron chi connectivity index (χ0n) is 10.5. The van der Waals surface area contributed by atoms with Gasteiger partial charge in [0.2, 0.25) is 0 Å². The molecule has 0 aromatic heterocycles. The summed E-state index contributed by atoms with van der Waals surface area (Å²) in [5.41, 5.74) is 2.38. The van der Waals surface area contributed by atoms with Crippen molar-refractivity contribution in [1.82, 2.24) is 0 Å². The molecule has 0 fully saturated rings. The number of rotatable bonds is 4. The van der Waals surface area contributed by atoms with Gasteiger partial charge < -0.3 is 9.84 Å². The van der Waals surface area contributed by atoms with Gasteiger partial charge in [-0.05, 0) is 30.0 Å². The minimum absolute atomic E-state index is 0.0741. The number of aliphatic carboxylic acids is 1. The Bertz CT molecular complexity index is 439. The van der Waals surface area contributed by atoms with Gasteiger partial charge in [-0.25, -0.2) is 0 Å². The lowest BCUT2D eigenvalue weighted by Gasteiger charge is -2.18. The van der Waals surface area contributed by atoms with Crippen LogP contribution in [0.3, 0.4) is 0 Å². The van der Waals surface area contributed by atoms with Crippen LogP contribution in [-0.2, 0) is 11.2 Å². The maximum absolute atomic E-state index is 10.9. The maximum atomic E-state index is 10.9.